The van der Waals surface area contributed by atoms with Crippen molar-refractivity contribution in [3.63, 3.8) is 0 Å². The van der Waals surface area contributed by atoms with Crippen molar-refractivity contribution in [2.75, 3.05) is 0 Å². The van der Waals surface area contributed by atoms with Crippen LogP contribution in [-0.4, -0.2) is 75.7 Å². The number of carboxylic acid groups (broad SMARTS) is 6. The molecule has 3 radical (unpaired) electrons. The van der Waals surface area contributed by atoms with Gasteiger partial charge in [0.25, 0.3) is 0 Å². The molecule has 0 aliphatic carbocycles. The predicted molar refractivity (Wildman–Crippen MR) is 182 cm³/mol. The monoisotopic (exact) mass is 961 g/mol. The Bertz CT molecular complexity index is 3350. The van der Waals surface area contributed by atoms with Crippen LogP contribution in [0.5, 0.6) is 0 Å². The van der Waals surface area contributed by atoms with E-state index < -0.39 is 103 Å². The van der Waals surface area contributed by atoms with Gasteiger partial charge < -0.3 is 69.4 Å². The Morgan fingerprint density at radius 1 is 0.377 bits per heavy atom. The van der Waals surface area contributed by atoms with Gasteiger partial charge in [0.1, 0.15) is 22.6 Å². The van der Waals surface area contributed by atoms with Crippen LogP contribution in [0.25, 0.3) is 89.7 Å². The predicted octanol–water partition coefficient (Wildman–Crippen LogP) is -2.96. The summed E-state index contributed by atoms with van der Waals surface area (Å²) in [5.41, 5.74) is -9.41. The number of fused-ring (bicyclic) bond motifs is 20. The van der Waals surface area contributed by atoms with E-state index in [9.17, 15) is 59.4 Å². The summed E-state index contributed by atoms with van der Waals surface area (Å²) >= 11 is 0. The smallest absolute Gasteiger partial charge is 0.545 e. The summed E-state index contributed by atoms with van der Waals surface area (Å²) in [6, 6.07) is 15.3. The van der Waals surface area contributed by atoms with Gasteiger partial charge in [0.05, 0.1) is 35.8 Å². The third-order valence-corrected chi connectivity index (χ3v) is 9.50. The minimum atomic E-state index is -2.49. The molecule has 2 N–H and O–H groups in total. The van der Waals surface area contributed by atoms with Gasteiger partial charge in [-0.2, -0.15) is 0 Å². The third-order valence-electron chi connectivity index (χ3n) is 9.50. The number of nitrogens with one attached hydrogen (secondary N) is 2. The van der Waals surface area contributed by atoms with Crippen molar-refractivity contribution in [3.05, 3.63) is 94.0 Å². The molecule has 3 aromatic heterocycles. The number of aromatic nitrogens is 8. The molecule has 4 aromatic carbocycles. The summed E-state index contributed by atoms with van der Waals surface area (Å²) in [6.07, 6.45) is 0. The van der Waals surface area contributed by atoms with Crippen LogP contribution in [0.4, 0.5) is 0 Å². The van der Waals surface area contributed by atoms with Crippen LogP contribution in [0.2, 0.25) is 0 Å². The van der Waals surface area contributed by atoms with E-state index in [1.54, 1.807) is 48.5 Å². The average molecular weight is 963 g/mol. The Hall–Kier alpha value is -7.38. The van der Waals surface area contributed by atoms with Gasteiger partial charge in [-0.1, -0.05) is 54.6 Å². The number of aromatic carboxylic acids is 6. The molecule has 0 spiro atoms. The Morgan fingerprint density at radius 2 is 0.754 bits per heavy atom. The molecule has 0 atom stereocenters. The second kappa shape index (κ2) is 15.7. The molecule has 20 nitrogen and oxygen atoms in total. The maximum Gasteiger partial charge on any atom is 2.00 e. The molecule has 5 heterocycles. The van der Waals surface area contributed by atoms with Gasteiger partial charge in [-0.15, -0.1) is 0 Å². The summed E-state index contributed by atoms with van der Waals surface area (Å²) in [7, 11) is 0. The molecular weight excluding hydrogens is 951 g/mol. The van der Waals surface area contributed by atoms with Crippen LogP contribution in [0.15, 0.2) is 60.7 Å². The van der Waals surface area contributed by atoms with Gasteiger partial charge in [-0.25, -0.2) is 29.9 Å². The normalized spacial score (nSPS) is 11.0. The molecule has 23 heteroatoms. The van der Waals surface area contributed by atoms with Crippen molar-refractivity contribution in [1.82, 2.24) is 39.9 Å². The van der Waals surface area contributed by atoms with E-state index in [4.69, 9.17) is 4.98 Å². The van der Waals surface area contributed by atoms with Gasteiger partial charge in [0.2, 0.25) is 0 Å². The number of carbonyl (C=O) groups excluding carboxylic acids is 6. The number of aromatic amines is 2. The van der Waals surface area contributed by atoms with Crippen molar-refractivity contribution in [3.8, 4) is 45.6 Å². The molecule has 8 bridgehead atoms. The van der Waals surface area contributed by atoms with Crippen LogP contribution >= 0.6 is 0 Å². The molecule has 2 aliphatic rings. The molecule has 0 saturated heterocycles. The Morgan fingerprint density at radius 3 is 1.20 bits per heavy atom. The van der Waals surface area contributed by atoms with Crippen molar-refractivity contribution in [2.24, 2.45) is 0 Å². The van der Waals surface area contributed by atoms with Gasteiger partial charge >= 0.3 is 51.2 Å². The molecule has 0 amide bonds. The third kappa shape index (κ3) is 6.54. The van der Waals surface area contributed by atoms with E-state index >= 15 is 0 Å². The number of nitrogens with zero attached hydrogens (tertiary/aromatic N) is 6. The number of carbonyl (C=O) groups is 6. The van der Waals surface area contributed by atoms with E-state index in [1.807, 2.05) is 0 Å². The summed E-state index contributed by atoms with van der Waals surface area (Å²) in [6.45, 7) is 0. The van der Waals surface area contributed by atoms with E-state index in [-0.39, 0.29) is 91.1 Å². The average Bonchev–Trinajstić information content (AvgIpc) is 3.91. The van der Waals surface area contributed by atoms with E-state index in [0.717, 1.165) is 12.1 Å². The summed E-state index contributed by atoms with van der Waals surface area (Å²) in [5.74, 6) is -14.8. The van der Waals surface area contributed by atoms with Crippen molar-refractivity contribution in [2.45, 2.75) is 0 Å². The largest absolute Gasteiger partial charge is 2.00 e. The first-order valence-electron chi connectivity index (χ1n) is 16.4. The number of H-pyrrole nitrogens is 2. The summed E-state index contributed by atoms with van der Waals surface area (Å²) < 4.78 is 0. The second-order valence-electron chi connectivity index (χ2n) is 12.6. The molecule has 7 aromatic rings. The zero-order valence-corrected chi connectivity index (χ0v) is 32.1. The van der Waals surface area contributed by atoms with Crippen LogP contribution in [-0.2, 0) is 51.2 Å². The van der Waals surface area contributed by atoms with Gasteiger partial charge in [0.15, 0.2) is 23.3 Å². The Balaban J connectivity index is 0.00000207. The number of hydrogen-bond donors (Lipinski definition) is 2. The fraction of sp³-hybridized carbons (Fsp3) is 0. The van der Waals surface area contributed by atoms with Crippen molar-refractivity contribution >= 4 is 79.9 Å². The fourth-order valence-electron chi connectivity index (χ4n) is 7.24. The zero-order valence-electron chi connectivity index (χ0n) is 29.3. The van der Waals surface area contributed by atoms with Crippen LogP contribution < -0.4 is 30.6 Å². The fourth-order valence-corrected chi connectivity index (χ4v) is 7.24. The SMILES string of the molecule is O=C([O-])c1ccc2c(c1C(=O)[O-])-c1nc-2nc2[nH]c(nc3nc(nc4[nH]c(n1)c1c(C(=O)[O-])c(C(=O)[O-])c(C(=O)[O-])c(C(=O)[O-])c41)-c1ccccc1-3)c1ccccc21.[Cu+2].[Cu+2].[Cu+2]. The molecule has 61 heavy (non-hydrogen) atoms. The quantitative estimate of drug-likeness (QED) is 0.157. The molecule has 0 unspecified atom stereocenters. The first kappa shape index (κ1) is 43.2. The van der Waals surface area contributed by atoms with E-state index in [2.05, 4.69) is 34.9 Å². The Labute approximate surface area is 368 Å². The molecular formula is C38H12Cu3N8O12. The van der Waals surface area contributed by atoms with Crippen molar-refractivity contribution < 1.29 is 111 Å². The maximum absolute atomic E-state index is 12.8. The zero-order chi connectivity index (χ0) is 40.9. The number of hydrogen-bond acceptors (Lipinski definition) is 18. The van der Waals surface area contributed by atoms with Gasteiger partial charge in [-0.3, -0.25) is 0 Å². The van der Waals surface area contributed by atoms with Crippen LogP contribution in [0, 0.1) is 0 Å². The Kier molecular flexibility index (Phi) is 11.1. The van der Waals surface area contributed by atoms with Crippen LogP contribution in [0.3, 0.4) is 0 Å². The molecule has 0 saturated carbocycles. The second-order valence-corrected chi connectivity index (χ2v) is 12.6. The molecule has 2 aliphatic heterocycles. The maximum atomic E-state index is 12.8. The molecule has 309 valence electrons. The minimum Gasteiger partial charge on any atom is -0.545 e. The number of benzene rings is 4. The minimum absolute atomic E-state index is 0. The van der Waals surface area contributed by atoms with Crippen LogP contribution in [0.1, 0.15) is 62.1 Å². The van der Waals surface area contributed by atoms with E-state index in [1.165, 1.54) is 0 Å². The first-order valence-corrected chi connectivity index (χ1v) is 16.4. The van der Waals surface area contributed by atoms with Crippen molar-refractivity contribution in [1.29, 1.82) is 0 Å². The summed E-state index contributed by atoms with van der Waals surface area (Å²) in [4.78, 5) is 108. The van der Waals surface area contributed by atoms with E-state index in [0.29, 0.717) is 16.3 Å². The molecule has 9 rings (SSSR count). The number of carboxylic acids is 6. The van der Waals surface area contributed by atoms with Gasteiger partial charge in [-0.05, 0) is 6.07 Å². The van der Waals surface area contributed by atoms with Gasteiger partial charge in [0, 0.05) is 77.2 Å². The molecule has 0 fully saturated rings. The number of rotatable bonds is 6. The standard InChI is InChI=1S/C38H18N8O12.3Cu/c47-33(48)16-10-9-15-17(18(16)34(49)50)30-44-29(15)42-27-12-6-2-1-5-11(12)25(40-27)39-26-13-7-3-4-8-14(13)28(41-26)43-31-19-20(32(45-30)46-31)22(36(53)54)24(38(57)58)23(37(55)56)21(19)35(51)52;;;/h1-10H,(H,47,48)(H,49,50)(H,51,52)(H,53,54)(H,55,56)(H,57,58)(H2,39,40,41,42,43,44,45,46);;;/q;3*+2/p-6. The first-order chi connectivity index (χ1) is 27.7. The topological polar surface area (TPSA) is 350 Å². The summed E-state index contributed by atoms with van der Waals surface area (Å²) in [5, 5.41) is 74.6.